The highest BCUT2D eigenvalue weighted by atomic mass is 19.4. The van der Waals surface area contributed by atoms with Crippen molar-refractivity contribution in [3.63, 3.8) is 0 Å². The van der Waals surface area contributed by atoms with Gasteiger partial charge in [0.15, 0.2) is 11.3 Å². The summed E-state index contributed by atoms with van der Waals surface area (Å²) in [6.45, 7) is 0. The predicted octanol–water partition coefficient (Wildman–Crippen LogP) is 4.97. The topological polar surface area (TPSA) is 125 Å². The fourth-order valence-electron chi connectivity index (χ4n) is 3.45. The molecule has 1 fully saturated rings. The molecule has 1 aromatic carbocycles. The number of halogens is 3. The first kappa shape index (κ1) is 22.3. The highest BCUT2D eigenvalue weighted by Crippen LogP contribution is 2.41. The molecule has 0 aliphatic heterocycles. The van der Waals surface area contributed by atoms with Gasteiger partial charge in [-0.2, -0.15) is 18.3 Å². The van der Waals surface area contributed by atoms with E-state index in [4.69, 9.17) is 4.74 Å². The largest absolute Gasteiger partial charge is 0.455 e. The molecule has 3 heterocycles. The van der Waals surface area contributed by atoms with Crippen LogP contribution in [-0.4, -0.2) is 30.4 Å². The van der Waals surface area contributed by atoms with E-state index in [0.29, 0.717) is 16.0 Å². The number of carbonyl (C=O) groups is 1. The first-order valence-electron chi connectivity index (χ1n) is 10.3. The lowest BCUT2D eigenvalue weighted by molar-refractivity contribution is -0.384. The molecule has 3 aromatic heterocycles. The molecular weight excluding hydrogens is 469 g/mol. The van der Waals surface area contributed by atoms with Gasteiger partial charge in [0.1, 0.15) is 17.2 Å². The molecular formula is C22H15F3N6O4. The first-order chi connectivity index (χ1) is 16.7. The van der Waals surface area contributed by atoms with Gasteiger partial charge in [0.25, 0.3) is 11.6 Å². The smallest absolute Gasteiger partial charge is 0.433 e. The molecule has 1 saturated carbocycles. The minimum atomic E-state index is -4.71. The summed E-state index contributed by atoms with van der Waals surface area (Å²) in [6.07, 6.45) is -0.290. The number of non-ortho nitro benzene ring substituents is 1. The minimum Gasteiger partial charge on any atom is -0.455 e. The standard InChI is InChI=1S/C22H15F3N6O4/c23-22(24,25)19-9-17(12-3-4-12)28-20-10-18(29-30(19)20)21(32)27-13-6-14(31(33)34)8-16(7-13)35-15-2-1-5-26-11-15/h1-2,5-12H,3-4H2,(H,27,32). The maximum Gasteiger partial charge on any atom is 0.433 e. The molecule has 0 saturated heterocycles. The summed E-state index contributed by atoms with van der Waals surface area (Å²) in [7, 11) is 0. The predicted molar refractivity (Wildman–Crippen MR) is 115 cm³/mol. The number of nitrogens with one attached hydrogen (secondary N) is 1. The summed E-state index contributed by atoms with van der Waals surface area (Å²) in [5.74, 6) is -0.559. The number of amides is 1. The van der Waals surface area contributed by atoms with Crippen LogP contribution in [0.15, 0.2) is 54.9 Å². The van der Waals surface area contributed by atoms with E-state index in [1.54, 1.807) is 12.1 Å². The molecule has 0 spiro atoms. The Hall–Kier alpha value is -4.55. The second kappa shape index (κ2) is 8.34. The zero-order valence-corrected chi connectivity index (χ0v) is 17.7. The second-order valence-corrected chi connectivity index (χ2v) is 7.86. The van der Waals surface area contributed by atoms with Crippen LogP contribution in [0.1, 0.15) is 40.6 Å². The van der Waals surface area contributed by atoms with E-state index in [9.17, 15) is 28.1 Å². The third-order valence-electron chi connectivity index (χ3n) is 5.20. The average Bonchev–Trinajstić information content (AvgIpc) is 3.56. The molecule has 5 rings (SSSR count). The number of rotatable bonds is 6. The van der Waals surface area contributed by atoms with Crippen LogP contribution in [0.5, 0.6) is 11.5 Å². The maximum atomic E-state index is 13.6. The Labute approximate surface area is 194 Å². The summed E-state index contributed by atoms with van der Waals surface area (Å²) < 4.78 is 47.0. The van der Waals surface area contributed by atoms with Gasteiger partial charge in [-0.05, 0) is 31.0 Å². The van der Waals surface area contributed by atoms with Crippen molar-refractivity contribution in [1.82, 2.24) is 19.6 Å². The quantitative estimate of drug-likeness (QED) is 0.302. The Kier molecular flexibility index (Phi) is 5.30. The number of alkyl halides is 3. The summed E-state index contributed by atoms with van der Waals surface area (Å²) in [6, 6.07) is 8.86. The molecule has 1 aliphatic carbocycles. The van der Waals surface area contributed by atoms with Crippen molar-refractivity contribution in [1.29, 1.82) is 0 Å². The molecule has 1 amide bonds. The molecule has 4 aromatic rings. The molecule has 1 N–H and O–H groups in total. The van der Waals surface area contributed by atoms with Crippen LogP contribution in [0.4, 0.5) is 24.5 Å². The third-order valence-corrected chi connectivity index (χ3v) is 5.20. The summed E-state index contributed by atoms with van der Waals surface area (Å²) in [5.41, 5.74) is -1.57. The number of nitro groups is 1. The van der Waals surface area contributed by atoms with E-state index in [1.807, 2.05) is 0 Å². The summed E-state index contributed by atoms with van der Waals surface area (Å²) in [5, 5.41) is 17.6. The van der Waals surface area contributed by atoms with Crippen LogP contribution in [0, 0.1) is 10.1 Å². The van der Waals surface area contributed by atoms with Gasteiger partial charge in [0.05, 0.1) is 22.9 Å². The number of benzene rings is 1. The second-order valence-electron chi connectivity index (χ2n) is 7.86. The highest BCUT2D eigenvalue weighted by molar-refractivity contribution is 6.03. The van der Waals surface area contributed by atoms with Crippen molar-refractivity contribution in [2.75, 3.05) is 5.32 Å². The van der Waals surface area contributed by atoms with Crippen LogP contribution < -0.4 is 10.1 Å². The Bertz CT molecular complexity index is 1450. The number of hydrogen-bond donors (Lipinski definition) is 1. The number of nitro benzene ring substituents is 1. The van der Waals surface area contributed by atoms with Gasteiger partial charge < -0.3 is 10.1 Å². The SMILES string of the molecule is O=C(Nc1cc(Oc2cccnc2)cc([N+](=O)[O-])c1)c1cc2nc(C3CC3)cc(C(F)(F)F)n2n1. The van der Waals surface area contributed by atoms with Gasteiger partial charge in [-0.1, -0.05) is 0 Å². The summed E-state index contributed by atoms with van der Waals surface area (Å²) in [4.78, 5) is 31.6. The maximum absolute atomic E-state index is 13.6. The zero-order chi connectivity index (χ0) is 24.7. The number of carbonyl (C=O) groups excluding carboxylic acids is 1. The van der Waals surface area contributed by atoms with Crippen molar-refractivity contribution in [2.45, 2.75) is 24.9 Å². The van der Waals surface area contributed by atoms with E-state index in [0.717, 1.165) is 37.1 Å². The minimum absolute atomic E-state index is 0.0113. The number of hydrogen-bond acceptors (Lipinski definition) is 7. The van der Waals surface area contributed by atoms with Crippen LogP contribution in [0.3, 0.4) is 0 Å². The van der Waals surface area contributed by atoms with E-state index in [-0.39, 0.29) is 34.4 Å². The molecule has 0 bridgehead atoms. The average molecular weight is 484 g/mol. The Balaban J connectivity index is 1.47. The van der Waals surface area contributed by atoms with Crippen molar-refractivity contribution < 1.29 is 27.6 Å². The normalized spacial score (nSPS) is 13.6. The van der Waals surface area contributed by atoms with Crippen LogP contribution >= 0.6 is 0 Å². The van der Waals surface area contributed by atoms with Gasteiger partial charge in [0.2, 0.25) is 0 Å². The van der Waals surface area contributed by atoms with Gasteiger partial charge in [-0.15, -0.1) is 0 Å². The first-order valence-corrected chi connectivity index (χ1v) is 10.3. The lowest BCUT2D eigenvalue weighted by Gasteiger charge is -2.10. The van der Waals surface area contributed by atoms with Crippen molar-refractivity contribution >= 4 is 22.9 Å². The Morgan fingerprint density at radius 1 is 1.17 bits per heavy atom. The van der Waals surface area contributed by atoms with Crippen LogP contribution in [0.25, 0.3) is 5.65 Å². The lowest BCUT2D eigenvalue weighted by Crippen LogP contribution is -2.16. The van der Waals surface area contributed by atoms with Gasteiger partial charge in [-0.3, -0.25) is 19.9 Å². The number of ether oxygens (including phenoxy) is 1. The van der Waals surface area contributed by atoms with Crippen molar-refractivity contribution in [3.8, 4) is 11.5 Å². The molecule has 35 heavy (non-hydrogen) atoms. The molecule has 10 nitrogen and oxygen atoms in total. The van der Waals surface area contributed by atoms with Gasteiger partial charge in [0, 0.05) is 36.0 Å². The van der Waals surface area contributed by atoms with E-state index < -0.39 is 22.7 Å². The number of fused-ring (bicyclic) bond motifs is 1. The lowest BCUT2D eigenvalue weighted by atomic mass is 10.2. The van der Waals surface area contributed by atoms with Gasteiger partial charge >= 0.3 is 6.18 Å². The Morgan fingerprint density at radius 2 is 1.97 bits per heavy atom. The number of nitrogens with zero attached hydrogens (tertiary/aromatic N) is 5. The molecule has 13 heteroatoms. The molecule has 0 radical (unpaired) electrons. The van der Waals surface area contributed by atoms with Crippen molar-refractivity contribution in [2.24, 2.45) is 0 Å². The van der Waals surface area contributed by atoms with E-state index >= 15 is 0 Å². The highest BCUT2D eigenvalue weighted by Gasteiger charge is 2.37. The van der Waals surface area contributed by atoms with E-state index in [1.165, 1.54) is 18.5 Å². The zero-order valence-electron chi connectivity index (χ0n) is 17.7. The number of aromatic nitrogens is 4. The fraction of sp³-hybridized carbons (Fsp3) is 0.182. The van der Waals surface area contributed by atoms with Gasteiger partial charge in [-0.25, -0.2) is 9.50 Å². The Morgan fingerprint density at radius 3 is 2.63 bits per heavy atom. The third kappa shape index (κ3) is 4.74. The number of anilines is 1. The van der Waals surface area contributed by atoms with Crippen molar-refractivity contribution in [3.05, 3.63) is 82.1 Å². The van der Waals surface area contributed by atoms with Crippen LogP contribution in [-0.2, 0) is 6.18 Å². The fourth-order valence-corrected chi connectivity index (χ4v) is 3.45. The van der Waals surface area contributed by atoms with Crippen LogP contribution in [0.2, 0.25) is 0 Å². The van der Waals surface area contributed by atoms with E-state index in [2.05, 4.69) is 20.4 Å². The summed E-state index contributed by atoms with van der Waals surface area (Å²) >= 11 is 0. The molecule has 0 unspecified atom stereocenters. The number of pyridine rings is 1. The molecule has 0 atom stereocenters. The molecule has 178 valence electrons. The monoisotopic (exact) mass is 484 g/mol. The molecule has 1 aliphatic rings.